The fourth-order valence-corrected chi connectivity index (χ4v) is 1.91. The van der Waals surface area contributed by atoms with Crippen LogP contribution in [0.5, 0.6) is 11.5 Å². The van der Waals surface area contributed by atoms with Crippen LogP contribution in [0.15, 0.2) is 47.8 Å². The number of benzene rings is 1. The second-order valence-corrected chi connectivity index (χ2v) is 4.73. The zero-order valence-electron chi connectivity index (χ0n) is 13.5. The number of para-hydroxylation sites is 1. The molecule has 0 fully saturated rings. The lowest BCUT2D eigenvalue weighted by molar-refractivity contribution is -0.139. The average molecular weight is 343 g/mol. The Hall–Kier alpha value is -3.42. The molecule has 1 heterocycles. The van der Waals surface area contributed by atoms with Crippen molar-refractivity contribution in [1.82, 2.24) is 10.4 Å². The first-order valence-electron chi connectivity index (χ1n) is 7.45. The standard InChI is InChI=1S/C17H17N3O5/c1-2-24-14-7-3-5-12(16(14)25-11-15(21)22)10-19-20-17(23)13-6-4-8-18-9-13/h3-10H,2,11H2,1H3,(H,20,23)(H,21,22)/b19-10+. The van der Waals surface area contributed by atoms with Crippen LogP contribution >= 0.6 is 0 Å². The molecular formula is C17H17N3O5. The maximum atomic E-state index is 11.9. The Morgan fingerprint density at radius 3 is 2.80 bits per heavy atom. The monoisotopic (exact) mass is 343 g/mol. The highest BCUT2D eigenvalue weighted by Crippen LogP contribution is 2.30. The Bertz CT molecular complexity index is 762. The predicted molar refractivity (Wildman–Crippen MR) is 90.0 cm³/mol. The minimum Gasteiger partial charge on any atom is -0.490 e. The molecule has 0 saturated heterocycles. The molecule has 0 aliphatic heterocycles. The van der Waals surface area contributed by atoms with Crippen LogP contribution in [0.4, 0.5) is 0 Å². The zero-order valence-corrected chi connectivity index (χ0v) is 13.5. The van der Waals surface area contributed by atoms with Crippen molar-refractivity contribution >= 4 is 18.1 Å². The van der Waals surface area contributed by atoms with Crippen LogP contribution in [0.25, 0.3) is 0 Å². The van der Waals surface area contributed by atoms with E-state index in [0.29, 0.717) is 23.5 Å². The van der Waals surface area contributed by atoms with Crippen LogP contribution in [0.3, 0.4) is 0 Å². The van der Waals surface area contributed by atoms with E-state index in [-0.39, 0.29) is 5.75 Å². The van der Waals surface area contributed by atoms with E-state index in [1.54, 1.807) is 43.5 Å². The topological polar surface area (TPSA) is 110 Å². The number of hydrogen-bond donors (Lipinski definition) is 2. The smallest absolute Gasteiger partial charge is 0.341 e. The molecule has 1 aromatic carbocycles. The lowest BCUT2D eigenvalue weighted by atomic mass is 10.2. The number of pyridine rings is 1. The largest absolute Gasteiger partial charge is 0.490 e. The fourth-order valence-electron chi connectivity index (χ4n) is 1.91. The third-order valence-corrected chi connectivity index (χ3v) is 2.94. The van der Waals surface area contributed by atoms with E-state index in [1.807, 2.05) is 0 Å². The van der Waals surface area contributed by atoms with Crippen molar-refractivity contribution in [2.24, 2.45) is 5.10 Å². The molecule has 0 saturated carbocycles. The molecule has 0 atom stereocenters. The van der Waals surface area contributed by atoms with Crippen molar-refractivity contribution in [2.45, 2.75) is 6.92 Å². The Morgan fingerprint density at radius 2 is 2.12 bits per heavy atom. The fraction of sp³-hybridized carbons (Fsp3) is 0.176. The number of aromatic nitrogens is 1. The van der Waals surface area contributed by atoms with Gasteiger partial charge < -0.3 is 14.6 Å². The summed E-state index contributed by atoms with van der Waals surface area (Å²) in [6.07, 6.45) is 4.33. The summed E-state index contributed by atoms with van der Waals surface area (Å²) in [5, 5.41) is 12.7. The van der Waals surface area contributed by atoms with Gasteiger partial charge in [-0.3, -0.25) is 9.78 Å². The number of ether oxygens (including phenoxy) is 2. The number of hydrogen-bond acceptors (Lipinski definition) is 6. The zero-order chi connectivity index (χ0) is 18.1. The molecule has 0 bridgehead atoms. The highest BCUT2D eigenvalue weighted by molar-refractivity contribution is 5.94. The van der Waals surface area contributed by atoms with Gasteiger partial charge in [-0.05, 0) is 31.2 Å². The molecule has 8 heteroatoms. The van der Waals surface area contributed by atoms with E-state index in [0.717, 1.165) is 0 Å². The van der Waals surface area contributed by atoms with Gasteiger partial charge in [0.1, 0.15) is 0 Å². The summed E-state index contributed by atoms with van der Waals surface area (Å²) in [5.41, 5.74) is 3.21. The van der Waals surface area contributed by atoms with E-state index < -0.39 is 18.5 Å². The summed E-state index contributed by atoms with van der Waals surface area (Å²) < 4.78 is 10.7. The van der Waals surface area contributed by atoms with Crippen molar-refractivity contribution in [3.63, 3.8) is 0 Å². The summed E-state index contributed by atoms with van der Waals surface area (Å²) in [4.78, 5) is 26.5. The molecule has 0 unspecified atom stereocenters. The van der Waals surface area contributed by atoms with Gasteiger partial charge in [0.25, 0.3) is 5.91 Å². The van der Waals surface area contributed by atoms with Crippen LogP contribution < -0.4 is 14.9 Å². The van der Waals surface area contributed by atoms with Gasteiger partial charge in [0.15, 0.2) is 18.1 Å². The van der Waals surface area contributed by atoms with Gasteiger partial charge in [-0.2, -0.15) is 5.10 Å². The van der Waals surface area contributed by atoms with Crippen LogP contribution in [0, 0.1) is 0 Å². The number of carbonyl (C=O) groups is 2. The first-order valence-corrected chi connectivity index (χ1v) is 7.45. The first kappa shape index (κ1) is 17.9. The summed E-state index contributed by atoms with van der Waals surface area (Å²) in [7, 11) is 0. The van der Waals surface area contributed by atoms with Crippen LogP contribution in [-0.2, 0) is 4.79 Å². The second kappa shape index (κ2) is 9.02. The Balaban J connectivity index is 2.15. The molecule has 130 valence electrons. The second-order valence-electron chi connectivity index (χ2n) is 4.73. The number of nitrogens with one attached hydrogen (secondary N) is 1. The average Bonchev–Trinajstić information content (AvgIpc) is 2.62. The van der Waals surface area contributed by atoms with Crippen molar-refractivity contribution in [3.05, 3.63) is 53.9 Å². The molecule has 0 spiro atoms. The number of rotatable bonds is 8. The van der Waals surface area contributed by atoms with E-state index >= 15 is 0 Å². The number of carbonyl (C=O) groups excluding carboxylic acids is 1. The van der Waals surface area contributed by atoms with Crippen LogP contribution in [-0.4, -0.2) is 41.4 Å². The van der Waals surface area contributed by atoms with Crippen LogP contribution in [0.2, 0.25) is 0 Å². The summed E-state index contributed by atoms with van der Waals surface area (Å²) >= 11 is 0. The molecule has 0 aliphatic carbocycles. The molecule has 2 N–H and O–H groups in total. The number of hydrazone groups is 1. The van der Waals surface area contributed by atoms with Crippen molar-refractivity contribution in [2.75, 3.05) is 13.2 Å². The molecule has 2 rings (SSSR count). The Morgan fingerprint density at radius 1 is 1.28 bits per heavy atom. The van der Waals surface area contributed by atoms with Crippen molar-refractivity contribution < 1.29 is 24.2 Å². The normalized spacial score (nSPS) is 10.4. The van der Waals surface area contributed by atoms with Gasteiger partial charge in [-0.15, -0.1) is 0 Å². The molecule has 25 heavy (non-hydrogen) atoms. The maximum Gasteiger partial charge on any atom is 0.341 e. The quantitative estimate of drug-likeness (QED) is 0.558. The van der Waals surface area contributed by atoms with Gasteiger partial charge in [-0.1, -0.05) is 6.07 Å². The maximum absolute atomic E-state index is 11.9. The van der Waals surface area contributed by atoms with Gasteiger partial charge >= 0.3 is 5.97 Å². The number of aliphatic carboxylic acids is 1. The number of carboxylic acid groups (broad SMARTS) is 1. The minimum atomic E-state index is -1.11. The van der Waals surface area contributed by atoms with E-state index in [1.165, 1.54) is 12.4 Å². The highest BCUT2D eigenvalue weighted by Gasteiger charge is 2.12. The highest BCUT2D eigenvalue weighted by atomic mass is 16.5. The molecule has 0 aliphatic rings. The van der Waals surface area contributed by atoms with Gasteiger partial charge in [0.05, 0.1) is 18.4 Å². The van der Waals surface area contributed by atoms with Gasteiger partial charge in [0.2, 0.25) is 0 Å². The summed E-state index contributed by atoms with van der Waals surface area (Å²) in [5.74, 6) is -0.894. The van der Waals surface area contributed by atoms with E-state index in [4.69, 9.17) is 14.6 Å². The van der Waals surface area contributed by atoms with Crippen molar-refractivity contribution in [3.8, 4) is 11.5 Å². The molecule has 0 radical (unpaired) electrons. The first-order chi connectivity index (χ1) is 12.1. The molecular weight excluding hydrogens is 326 g/mol. The lowest BCUT2D eigenvalue weighted by Gasteiger charge is -2.12. The summed E-state index contributed by atoms with van der Waals surface area (Å²) in [6, 6.07) is 8.28. The van der Waals surface area contributed by atoms with Gasteiger partial charge in [-0.25, -0.2) is 10.2 Å². The summed E-state index contributed by atoms with van der Waals surface area (Å²) in [6.45, 7) is 1.67. The number of carboxylic acids is 1. The minimum absolute atomic E-state index is 0.242. The van der Waals surface area contributed by atoms with E-state index in [2.05, 4.69) is 15.5 Å². The number of amides is 1. The SMILES string of the molecule is CCOc1cccc(/C=N/NC(=O)c2cccnc2)c1OCC(=O)O. The third-order valence-electron chi connectivity index (χ3n) is 2.94. The molecule has 1 aromatic heterocycles. The third kappa shape index (κ3) is 5.31. The molecule has 2 aromatic rings. The molecule has 8 nitrogen and oxygen atoms in total. The van der Waals surface area contributed by atoms with Crippen LogP contribution in [0.1, 0.15) is 22.8 Å². The van der Waals surface area contributed by atoms with E-state index in [9.17, 15) is 9.59 Å². The molecule has 1 amide bonds. The lowest BCUT2D eigenvalue weighted by Crippen LogP contribution is -2.18. The predicted octanol–water partition coefficient (Wildman–Crippen LogP) is 1.71. The Labute approximate surface area is 144 Å². The van der Waals surface area contributed by atoms with Crippen molar-refractivity contribution in [1.29, 1.82) is 0 Å². The van der Waals surface area contributed by atoms with Gasteiger partial charge in [0, 0.05) is 18.0 Å². The Kier molecular flexibility index (Phi) is 6.47. The number of nitrogens with zero attached hydrogens (tertiary/aromatic N) is 2.